The molecule has 0 spiro atoms. The summed E-state index contributed by atoms with van der Waals surface area (Å²) in [5, 5.41) is 3.27. The number of sulfonamides is 1. The Morgan fingerprint density at radius 1 is 1.00 bits per heavy atom. The molecule has 0 saturated heterocycles. The SMILES string of the molecule is CCOc1ccccc1N(CC(=O)N(Cc1ccc(Cl)cc1Cl)[C@H](C)C(=O)NC)S(=O)(=O)c1ccccc1. The minimum Gasteiger partial charge on any atom is -0.492 e. The van der Waals surface area contributed by atoms with Crippen molar-refractivity contribution in [3.05, 3.63) is 88.4 Å². The maximum atomic E-state index is 13.8. The second-order valence-corrected chi connectivity index (χ2v) is 11.0. The highest BCUT2D eigenvalue weighted by molar-refractivity contribution is 7.92. The van der Waals surface area contributed by atoms with Gasteiger partial charge in [-0.25, -0.2) is 8.42 Å². The fourth-order valence-electron chi connectivity index (χ4n) is 3.80. The lowest BCUT2D eigenvalue weighted by Gasteiger charge is -2.32. The molecular formula is C27H29Cl2N3O5S. The Kier molecular flexibility index (Phi) is 10.0. The minimum absolute atomic E-state index is 0.00532. The van der Waals surface area contributed by atoms with E-state index in [1.54, 1.807) is 68.4 Å². The molecule has 2 amide bonds. The van der Waals surface area contributed by atoms with Gasteiger partial charge >= 0.3 is 0 Å². The number of nitrogens with zero attached hydrogens (tertiary/aromatic N) is 2. The van der Waals surface area contributed by atoms with Crippen LogP contribution in [-0.4, -0.2) is 51.4 Å². The first-order valence-electron chi connectivity index (χ1n) is 11.8. The van der Waals surface area contributed by atoms with E-state index in [4.69, 9.17) is 27.9 Å². The second-order valence-electron chi connectivity index (χ2n) is 8.27. The number of nitrogens with one attached hydrogen (secondary N) is 1. The summed E-state index contributed by atoms with van der Waals surface area (Å²) in [7, 11) is -2.74. The summed E-state index contributed by atoms with van der Waals surface area (Å²) < 4.78 is 34.4. The minimum atomic E-state index is -4.20. The van der Waals surface area contributed by atoms with Crippen molar-refractivity contribution in [1.82, 2.24) is 10.2 Å². The first-order valence-corrected chi connectivity index (χ1v) is 14.0. The Morgan fingerprint density at radius 3 is 2.29 bits per heavy atom. The lowest BCUT2D eigenvalue weighted by Crippen LogP contribution is -2.50. The van der Waals surface area contributed by atoms with Gasteiger partial charge in [-0.1, -0.05) is 59.6 Å². The van der Waals surface area contributed by atoms with Crippen LogP contribution >= 0.6 is 23.2 Å². The highest BCUT2D eigenvalue weighted by Crippen LogP contribution is 2.33. The number of para-hydroxylation sites is 2. The number of halogens is 2. The average Bonchev–Trinajstić information content (AvgIpc) is 2.91. The number of rotatable bonds is 11. The van der Waals surface area contributed by atoms with Gasteiger partial charge < -0.3 is 15.0 Å². The number of benzene rings is 3. The number of carbonyl (C=O) groups is 2. The van der Waals surface area contributed by atoms with E-state index in [-0.39, 0.29) is 17.1 Å². The van der Waals surface area contributed by atoms with Gasteiger partial charge in [-0.05, 0) is 55.8 Å². The van der Waals surface area contributed by atoms with Crippen LogP contribution in [0, 0.1) is 0 Å². The summed E-state index contributed by atoms with van der Waals surface area (Å²) in [6.07, 6.45) is 0. The summed E-state index contributed by atoms with van der Waals surface area (Å²) >= 11 is 12.4. The van der Waals surface area contributed by atoms with Crippen LogP contribution in [0.15, 0.2) is 77.7 Å². The third-order valence-electron chi connectivity index (χ3n) is 5.81. The van der Waals surface area contributed by atoms with Crippen LogP contribution < -0.4 is 14.4 Å². The lowest BCUT2D eigenvalue weighted by molar-refractivity contribution is -0.139. The highest BCUT2D eigenvalue weighted by Gasteiger charge is 2.33. The third-order valence-corrected chi connectivity index (χ3v) is 8.17. The van der Waals surface area contributed by atoms with Gasteiger partial charge in [-0.15, -0.1) is 0 Å². The Morgan fingerprint density at radius 2 is 1.66 bits per heavy atom. The van der Waals surface area contributed by atoms with Crippen LogP contribution in [0.25, 0.3) is 0 Å². The predicted octanol–water partition coefficient (Wildman–Crippen LogP) is 4.75. The van der Waals surface area contributed by atoms with Crippen LogP contribution in [0.3, 0.4) is 0 Å². The number of likely N-dealkylation sites (N-methyl/N-ethyl adjacent to an activating group) is 1. The molecule has 0 aliphatic heterocycles. The molecule has 1 N–H and O–H groups in total. The zero-order valence-electron chi connectivity index (χ0n) is 21.2. The van der Waals surface area contributed by atoms with E-state index in [1.165, 1.54) is 30.1 Å². The molecule has 3 aromatic rings. The summed E-state index contributed by atoms with van der Waals surface area (Å²) in [6.45, 7) is 2.99. The smallest absolute Gasteiger partial charge is 0.264 e. The molecule has 0 bridgehead atoms. The van der Waals surface area contributed by atoms with Gasteiger partial charge in [0.05, 0.1) is 17.2 Å². The van der Waals surface area contributed by atoms with Gasteiger partial charge in [-0.3, -0.25) is 13.9 Å². The first kappa shape index (κ1) is 29.3. The van der Waals surface area contributed by atoms with E-state index in [9.17, 15) is 18.0 Å². The highest BCUT2D eigenvalue weighted by atomic mass is 35.5. The van der Waals surface area contributed by atoms with Gasteiger partial charge in [0.2, 0.25) is 11.8 Å². The quantitative estimate of drug-likeness (QED) is 0.354. The maximum Gasteiger partial charge on any atom is 0.264 e. The zero-order chi connectivity index (χ0) is 27.9. The predicted molar refractivity (Wildman–Crippen MR) is 149 cm³/mol. The second kappa shape index (κ2) is 13.0. The monoisotopic (exact) mass is 577 g/mol. The molecule has 11 heteroatoms. The number of hydrogen-bond donors (Lipinski definition) is 1. The summed E-state index contributed by atoms with van der Waals surface area (Å²) in [5.41, 5.74) is 0.746. The van der Waals surface area contributed by atoms with Crippen LogP contribution in [-0.2, 0) is 26.2 Å². The van der Waals surface area contributed by atoms with Gasteiger partial charge in [0.15, 0.2) is 0 Å². The van der Waals surface area contributed by atoms with Gasteiger partial charge in [0.25, 0.3) is 10.0 Å². The van der Waals surface area contributed by atoms with Crippen LogP contribution in [0.2, 0.25) is 10.0 Å². The van der Waals surface area contributed by atoms with E-state index in [1.807, 2.05) is 0 Å². The Bertz CT molecular complexity index is 1390. The molecule has 8 nitrogen and oxygen atoms in total. The maximum absolute atomic E-state index is 13.8. The molecule has 0 heterocycles. The Labute approximate surface area is 233 Å². The van der Waals surface area contributed by atoms with Crippen LogP contribution in [0.4, 0.5) is 5.69 Å². The fraction of sp³-hybridized carbons (Fsp3) is 0.259. The number of ether oxygens (including phenoxy) is 1. The molecule has 0 fully saturated rings. The number of anilines is 1. The van der Waals surface area contributed by atoms with Crippen molar-refractivity contribution in [2.75, 3.05) is 24.5 Å². The molecule has 0 radical (unpaired) electrons. The van der Waals surface area contributed by atoms with Crippen LogP contribution in [0.5, 0.6) is 5.75 Å². The van der Waals surface area contributed by atoms with Crippen molar-refractivity contribution in [3.8, 4) is 5.75 Å². The van der Waals surface area contributed by atoms with E-state index in [2.05, 4.69) is 5.32 Å². The van der Waals surface area contributed by atoms with Crippen molar-refractivity contribution in [2.24, 2.45) is 0 Å². The molecule has 0 aliphatic carbocycles. The van der Waals surface area contributed by atoms with Crippen molar-refractivity contribution in [2.45, 2.75) is 31.3 Å². The Balaban J connectivity index is 2.09. The molecule has 38 heavy (non-hydrogen) atoms. The molecule has 3 rings (SSSR count). The van der Waals surface area contributed by atoms with E-state index in [0.29, 0.717) is 28.0 Å². The molecule has 1 atom stereocenters. The van der Waals surface area contributed by atoms with Crippen molar-refractivity contribution in [3.63, 3.8) is 0 Å². The third kappa shape index (κ3) is 6.78. The fourth-order valence-corrected chi connectivity index (χ4v) is 5.71. The number of carbonyl (C=O) groups excluding carboxylic acids is 2. The zero-order valence-corrected chi connectivity index (χ0v) is 23.6. The summed E-state index contributed by atoms with van der Waals surface area (Å²) in [4.78, 5) is 27.7. The largest absolute Gasteiger partial charge is 0.492 e. The molecule has 0 saturated carbocycles. The standard InChI is InChI=1S/C27H29Cl2N3O5S/c1-4-37-25-13-9-8-12-24(25)32(38(35,36)22-10-6-5-7-11-22)18-26(33)31(19(2)27(34)30-3)17-20-14-15-21(28)16-23(20)29/h5-16,19H,4,17-18H2,1-3H3,(H,30,34)/t19-/m1/s1. The first-order chi connectivity index (χ1) is 18.1. The molecule has 0 unspecified atom stereocenters. The molecule has 3 aromatic carbocycles. The number of amides is 2. The lowest BCUT2D eigenvalue weighted by atomic mass is 10.1. The van der Waals surface area contributed by atoms with Gasteiger partial charge in [0, 0.05) is 23.6 Å². The van der Waals surface area contributed by atoms with E-state index >= 15 is 0 Å². The number of hydrogen-bond acceptors (Lipinski definition) is 5. The average molecular weight is 579 g/mol. The van der Waals surface area contributed by atoms with E-state index < -0.39 is 34.4 Å². The van der Waals surface area contributed by atoms with Crippen molar-refractivity contribution < 1.29 is 22.7 Å². The van der Waals surface area contributed by atoms with Crippen LogP contribution in [0.1, 0.15) is 19.4 Å². The van der Waals surface area contributed by atoms with Crippen molar-refractivity contribution in [1.29, 1.82) is 0 Å². The molecule has 202 valence electrons. The molecule has 0 aliphatic rings. The van der Waals surface area contributed by atoms with Gasteiger partial charge in [0.1, 0.15) is 18.3 Å². The van der Waals surface area contributed by atoms with Gasteiger partial charge in [-0.2, -0.15) is 0 Å². The summed E-state index contributed by atoms with van der Waals surface area (Å²) in [6, 6.07) is 18.3. The normalized spacial score (nSPS) is 11.9. The Hall–Kier alpha value is -3.27. The van der Waals surface area contributed by atoms with Crippen molar-refractivity contribution >= 4 is 50.7 Å². The summed E-state index contributed by atoms with van der Waals surface area (Å²) in [5.74, 6) is -0.734. The topological polar surface area (TPSA) is 96.0 Å². The van der Waals surface area contributed by atoms with E-state index in [0.717, 1.165) is 4.31 Å². The molecular weight excluding hydrogens is 549 g/mol. The molecule has 0 aromatic heterocycles.